The Labute approximate surface area is 177 Å². The molecule has 2 N–H and O–H groups in total. The molecule has 1 saturated carbocycles. The highest BCUT2D eigenvalue weighted by molar-refractivity contribution is 5.85. The van der Waals surface area contributed by atoms with Crippen molar-refractivity contribution in [3.63, 3.8) is 0 Å². The summed E-state index contributed by atoms with van der Waals surface area (Å²) in [4.78, 5) is 16.4. The fourth-order valence-corrected chi connectivity index (χ4v) is 3.56. The second-order valence-electron chi connectivity index (χ2n) is 7.38. The number of halogens is 1. The molecule has 3 aromatic rings. The largest absolute Gasteiger partial charge is 0.494 e. The minimum Gasteiger partial charge on any atom is -0.494 e. The van der Waals surface area contributed by atoms with Crippen molar-refractivity contribution in [3.8, 4) is 16.9 Å². The zero-order valence-corrected chi connectivity index (χ0v) is 17.5. The van der Waals surface area contributed by atoms with Crippen molar-refractivity contribution in [2.45, 2.75) is 31.6 Å². The second kappa shape index (κ2) is 8.70. The minimum atomic E-state index is -0.103. The molecule has 1 aliphatic rings. The third kappa shape index (κ3) is 4.46. The molecule has 1 aromatic heterocycles. The van der Waals surface area contributed by atoms with Crippen molar-refractivity contribution >= 4 is 18.4 Å². The van der Waals surface area contributed by atoms with Crippen LogP contribution in [-0.2, 0) is 7.05 Å². The molecule has 0 spiro atoms. The van der Waals surface area contributed by atoms with Gasteiger partial charge in [0.1, 0.15) is 5.75 Å². The lowest BCUT2D eigenvalue weighted by Crippen LogP contribution is -2.21. The van der Waals surface area contributed by atoms with E-state index in [1.54, 1.807) is 13.1 Å². The summed E-state index contributed by atoms with van der Waals surface area (Å²) in [5.74, 6) is 1.84. The van der Waals surface area contributed by atoms with Gasteiger partial charge in [0.05, 0.1) is 12.3 Å². The molecular formula is C23H26ClN3O2. The fourth-order valence-electron chi connectivity index (χ4n) is 3.56. The highest BCUT2D eigenvalue weighted by Gasteiger charge is 2.41. The number of nitrogens with zero attached hydrogens (tertiary/aromatic N) is 2. The molecule has 0 unspecified atom stereocenters. The Balaban J connectivity index is 0.00000240. The number of nitrogens with two attached hydrogens (primary N) is 1. The van der Waals surface area contributed by atoms with E-state index in [0.717, 1.165) is 36.5 Å². The van der Waals surface area contributed by atoms with Gasteiger partial charge in [-0.1, -0.05) is 43.3 Å². The van der Waals surface area contributed by atoms with Crippen molar-refractivity contribution in [1.82, 2.24) is 9.55 Å². The van der Waals surface area contributed by atoms with Crippen LogP contribution in [0.25, 0.3) is 11.1 Å². The summed E-state index contributed by atoms with van der Waals surface area (Å²) in [6, 6.07) is 18.4. The van der Waals surface area contributed by atoms with Crippen LogP contribution < -0.4 is 16.0 Å². The molecule has 29 heavy (non-hydrogen) atoms. The average molecular weight is 412 g/mol. The highest BCUT2D eigenvalue weighted by atomic mass is 35.5. The molecule has 152 valence electrons. The van der Waals surface area contributed by atoms with Crippen LogP contribution >= 0.6 is 12.4 Å². The predicted molar refractivity (Wildman–Crippen MR) is 119 cm³/mol. The Morgan fingerprint density at radius 3 is 2.55 bits per heavy atom. The molecule has 1 aliphatic carbocycles. The predicted octanol–water partition coefficient (Wildman–Crippen LogP) is 4.51. The lowest BCUT2D eigenvalue weighted by molar-refractivity contribution is 0.317. The van der Waals surface area contributed by atoms with Crippen LogP contribution in [0, 0.1) is 0 Å². The average Bonchev–Trinajstić information content (AvgIpc) is 3.51. The second-order valence-corrected chi connectivity index (χ2v) is 7.38. The van der Waals surface area contributed by atoms with Crippen LogP contribution in [0.1, 0.15) is 42.9 Å². The van der Waals surface area contributed by atoms with Crippen molar-refractivity contribution < 1.29 is 4.74 Å². The number of nitrogen functional groups attached to an aromatic ring is 1. The molecule has 0 saturated heterocycles. The molecule has 4 rings (SSSR count). The van der Waals surface area contributed by atoms with E-state index in [0.29, 0.717) is 5.92 Å². The number of aromatic nitrogens is 2. The molecule has 5 nitrogen and oxygen atoms in total. The number of hydrogen-bond donors (Lipinski definition) is 1. The normalized spacial score (nSPS) is 17.4. The van der Waals surface area contributed by atoms with Crippen molar-refractivity contribution in [2.75, 3.05) is 12.3 Å². The minimum absolute atomic E-state index is 0. The first-order valence-electron chi connectivity index (χ1n) is 9.73. The van der Waals surface area contributed by atoms with Crippen LogP contribution in [0.3, 0.4) is 0 Å². The van der Waals surface area contributed by atoms with Crippen molar-refractivity contribution in [2.24, 2.45) is 7.05 Å². The van der Waals surface area contributed by atoms with Gasteiger partial charge in [0, 0.05) is 19.0 Å². The summed E-state index contributed by atoms with van der Waals surface area (Å²) in [6.07, 6.45) is 1.99. The standard InChI is InChI=1S/C23H25N3O2.ClH/c1-3-11-28-18-6-4-5-17(12-18)15-7-9-16(10-8-15)19-13-20(19)21-14-22(27)26(2)23(24)25-21;/h4-10,12,14,19-20H,3,11,13H2,1-2H3,(H2,24,25);1H/t19-,20-;/m0./s1. The maximum absolute atomic E-state index is 12.0. The Kier molecular flexibility index (Phi) is 6.28. The van der Waals surface area contributed by atoms with Crippen molar-refractivity contribution in [1.29, 1.82) is 0 Å². The van der Waals surface area contributed by atoms with E-state index < -0.39 is 0 Å². The molecule has 2 atom stereocenters. The lowest BCUT2D eigenvalue weighted by Gasteiger charge is -2.08. The number of benzene rings is 2. The Hall–Kier alpha value is -2.79. The SMILES string of the molecule is CCCOc1cccc(-c2ccc([C@@H]3C[C@@H]3c3cc(=O)n(C)c(N)n3)cc2)c1.Cl. The first-order valence-corrected chi connectivity index (χ1v) is 9.73. The molecule has 0 radical (unpaired) electrons. The maximum Gasteiger partial charge on any atom is 0.254 e. The van der Waals surface area contributed by atoms with Crippen LogP contribution in [0.2, 0.25) is 0 Å². The Bertz CT molecular complexity index is 1050. The zero-order valence-electron chi connectivity index (χ0n) is 16.7. The summed E-state index contributed by atoms with van der Waals surface area (Å²) in [5.41, 5.74) is 10.1. The highest BCUT2D eigenvalue weighted by Crippen LogP contribution is 2.54. The van der Waals surface area contributed by atoms with Gasteiger partial charge < -0.3 is 10.5 Å². The summed E-state index contributed by atoms with van der Waals surface area (Å²) < 4.78 is 7.10. The quantitative estimate of drug-likeness (QED) is 0.647. The van der Waals surface area contributed by atoms with E-state index >= 15 is 0 Å². The number of ether oxygens (including phenoxy) is 1. The zero-order chi connectivity index (χ0) is 19.7. The Morgan fingerprint density at radius 1 is 1.10 bits per heavy atom. The third-order valence-electron chi connectivity index (χ3n) is 5.34. The molecule has 0 bridgehead atoms. The number of hydrogen-bond acceptors (Lipinski definition) is 4. The van der Waals surface area contributed by atoms with Crippen LogP contribution in [0.4, 0.5) is 5.95 Å². The fraction of sp³-hybridized carbons (Fsp3) is 0.304. The topological polar surface area (TPSA) is 70.1 Å². The molecule has 6 heteroatoms. The van der Waals surface area contributed by atoms with Crippen LogP contribution in [0.15, 0.2) is 59.4 Å². The summed E-state index contributed by atoms with van der Waals surface area (Å²) in [6.45, 7) is 2.83. The van der Waals surface area contributed by atoms with Crippen LogP contribution in [0.5, 0.6) is 5.75 Å². The van der Waals surface area contributed by atoms with E-state index in [1.807, 2.05) is 12.1 Å². The first kappa shape index (κ1) is 20.9. The van der Waals surface area contributed by atoms with Gasteiger partial charge in [0.25, 0.3) is 5.56 Å². The van der Waals surface area contributed by atoms with Gasteiger partial charge >= 0.3 is 0 Å². The smallest absolute Gasteiger partial charge is 0.254 e. The maximum atomic E-state index is 12.0. The van der Waals surface area contributed by atoms with Gasteiger partial charge in [-0.25, -0.2) is 4.98 Å². The number of anilines is 1. The van der Waals surface area contributed by atoms with Gasteiger partial charge in [-0.15, -0.1) is 12.4 Å². The van der Waals surface area contributed by atoms with Crippen molar-refractivity contribution in [3.05, 3.63) is 76.2 Å². The Morgan fingerprint density at radius 2 is 1.86 bits per heavy atom. The summed E-state index contributed by atoms with van der Waals surface area (Å²) in [7, 11) is 1.64. The summed E-state index contributed by atoms with van der Waals surface area (Å²) >= 11 is 0. The van der Waals surface area contributed by atoms with Gasteiger partial charge in [0.15, 0.2) is 0 Å². The molecule has 1 heterocycles. The van der Waals surface area contributed by atoms with Gasteiger partial charge in [-0.05, 0) is 47.6 Å². The third-order valence-corrected chi connectivity index (χ3v) is 5.34. The van der Waals surface area contributed by atoms with Gasteiger partial charge in [-0.2, -0.15) is 0 Å². The monoisotopic (exact) mass is 411 g/mol. The van der Waals surface area contributed by atoms with E-state index in [4.69, 9.17) is 10.5 Å². The molecule has 0 amide bonds. The van der Waals surface area contributed by atoms with E-state index in [2.05, 4.69) is 48.3 Å². The first-order chi connectivity index (χ1) is 13.6. The van der Waals surface area contributed by atoms with E-state index in [-0.39, 0.29) is 29.8 Å². The molecular weight excluding hydrogens is 386 g/mol. The molecule has 1 fully saturated rings. The summed E-state index contributed by atoms with van der Waals surface area (Å²) in [5, 5.41) is 0. The van der Waals surface area contributed by atoms with Crippen LogP contribution in [-0.4, -0.2) is 16.2 Å². The van der Waals surface area contributed by atoms with Gasteiger partial charge in [-0.3, -0.25) is 9.36 Å². The molecule has 2 aromatic carbocycles. The van der Waals surface area contributed by atoms with E-state index in [1.165, 1.54) is 15.7 Å². The van der Waals surface area contributed by atoms with E-state index in [9.17, 15) is 4.79 Å². The molecule has 0 aliphatic heterocycles. The number of rotatable bonds is 6. The lowest BCUT2D eigenvalue weighted by atomic mass is 10.0. The van der Waals surface area contributed by atoms with Gasteiger partial charge in [0.2, 0.25) is 5.95 Å².